The lowest BCUT2D eigenvalue weighted by molar-refractivity contribution is -0.123. The Labute approximate surface area is 123 Å². The quantitative estimate of drug-likeness (QED) is 0.911. The van der Waals surface area contributed by atoms with E-state index in [1.54, 1.807) is 6.20 Å². The summed E-state index contributed by atoms with van der Waals surface area (Å²) in [6.07, 6.45) is 5.58. The molecule has 1 amide bonds. The molecule has 0 radical (unpaired) electrons. The molecule has 5 nitrogen and oxygen atoms in total. The highest BCUT2D eigenvalue weighted by Crippen LogP contribution is 2.30. The Bertz CT molecular complexity index is 577. The number of nitrogens with one attached hydrogen (secondary N) is 1. The number of amides is 1. The Morgan fingerprint density at radius 2 is 2.00 bits per heavy atom. The summed E-state index contributed by atoms with van der Waals surface area (Å²) in [5, 5.41) is 2.85. The molecule has 0 spiro atoms. The van der Waals surface area contributed by atoms with Gasteiger partial charge < -0.3 is 15.5 Å². The number of oxazole rings is 1. The summed E-state index contributed by atoms with van der Waals surface area (Å²) in [7, 11) is 0. The van der Waals surface area contributed by atoms with Crippen molar-refractivity contribution in [2.45, 2.75) is 24.8 Å². The molecular weight excluding hydrogens is 278 g/mol. The Hall–Kier alpha value is -1.85. The molecule has 1 fully saturated rings. The van der Waals surface area contributed by atoms with Gasteiger partial charge in [0, 0.05) is 11.3 Å². The fraction of sp³-hybridized carbons (Fsp3) is 0.286. The Morgan fingerprint density at radius 3 is 2.50 bits per heavy atom. The molecule has 0 unspecified atom stereocenters. The second-order valence-corrected chi connectivity index (χ2v) is 4.91. The topological polar surface area (TPSA) is 81.2 Å². The van der Waals surface area contributed by atoms with Crippen LogP contribution in [-0.4, -0.2) is 16.4 Å². The average molecular weight is 294 g/mol. The molecule has 1 aromatic heterocycles. The van der Waals surface area contributed by atoms with E-state index in [4.69, 9.17) is 10.2 Å². The number of aromatic nitrogens is 1. The van der Waals surface area contributed by atoms with Crippen molar-refractivity contribution in [3.63, 3.8) is 0 Å². The van der Waals surface area contributed by atoms with E-state index in [1.165, 1.54) is 6.39 Å². The first-order chi connectivity index (χ1) is 9.17. The van der Waals surface area contributed by atoms with Crippen LogP contribution in [0.4, 0.5) is 5.69 Å². The van der Waals surface area contributed by atoms with E-state index in [2.05, 4.69) is 10.3 Å². The van der Waals surface area contributed by atoms with Crippen molar-refractivity contribution in [3.05, 3.63) is 36.9 Å². The van der Waals surface area contributed by atoms with E-state index >= 15 is 0 Å². The molecular formula is C14H16ClN3O2. The molecule has 3 N–H and O–H groups in total. The monoisotopic (exact) mass is 293 g/mol. The van der Waals surface area contributed by atoms with Crippen LogP contribution in [0.15, 0.2) is 41.3 Å². The fourth-order valence-electron chi connectivity index (χ4n) is 2.12. The van der Waals surface area contributed by atoms with Crippen molar-refractivity contribution >= 4 is 24.0 Å². The van der Waals surface area contributed by atoms with Gasteiger partial charge in [-0.3, -0.25) is 4.79 Å². The zero-order chi connectivity index (χ0) is 13.3. The van der Waals surface area contributed by atoms with Crippen LogP contribution in [0.5, 0.6) is 0 Å². The molecule has 0 saturated heterocycles. The third kappa shape index (κ3) is 2.69. The Morgan fingerprint density at radius 1 is 1.30 bits per heavy atom. The van der Waals surface area contributed by atoms with Crippen molar-refractivity contribution in [1.29, 1.82) is 0 Å². The largest absolute Gasteiger partial charge is 0.444 e. The van der Waals surface area contributed by atoms with Crippen LogP contribution in [0.25, 0.3) is 11.3 Å². The number of hydrogen-bond donors (Lipinski definition) is 2. The highest BCUT2D eigenvalue weighted by atomic mass is 35.5. The van der Waals surface area contributed by atoms with E-state index in [0.29, 0.717) is 5.76 Å². The van der Waals surface area contributed by atoms with Crippen molar-refractivity contribution in [1.82, 2.24) is 4.98 Å². The zero-order valence-corrected chi connectivity index (χ0v) is 11.7. The maximum absolute atomic E-state index is 12.0. The minimum atomic E-state index is -0.677. The molecule has 1 aliphatic rings. The molecule has 3 rings (SSSR count). The molecule has 6 heteroatoms. The smallest absolute Gasteiger partial charge is 0.244 e. The van der Waals surface area contributed by atoms with Crippen LogP contribution in [0.1, 0.15) is 19.3 Å². The number of nitrogens with two attached hydrogens (primary N) is 1. The molecule has 0 atom stereocenters. The van der Waals surface area contributed by atoms with Gasteiger partial charge in [-0.2, -0.15) is 0 Å². The van der Waals surface area contributed by atoms with Gasteiger partial charge in [-0.05, 0) is 43.5 Å². The van der Waals surface area contributed by atoms with Gasteiger partial charge in [-0.1, -0.05) is 0 Å². The number of rotatable bonds is 3. The Balaban J connectivity index is 0.00000147. The van der Waals surface area contributed by atoms with Crippen LogP contribution in [0.3, 0.4) is 0 Å². The first-order valence-electron chi connectivity index (χ1n) is 6.27. The second kappa shape index (κ2) is 5.64. The first kappa shape index (κ1) is 14.6. The number of nitrogens with zero attached hydrogens (tertiary/aromatic N) is 1. The molecule has 1 aliphatic carbocycles. The van der Waals surface area contributed by atoms with E-state index in [-0.39, 0.29) is 18.3 Å². The van der Waals surface area contributed by atoms with Crippen LogP contribution in [0.2, 0.25) is 0 Å². The van der Waals surface area contributed by atoms with Crippen LogP contribution in [-0.2, 0) is 4.79 Å². The van der Waals surface area contributed by atoms with Crippen LogP contribution < -0.4 is 11.1 Å². The first-order valence-corrected chi connectivity index (χ1v) is 6.27. The van der Waals surface area contributed by atoms with Gasteiger partial charge in [0.1, 0.15) is 0 Å². The van der Waals surface area contributed by atoms with Gasteiger partial charge in [0.15, 0.2) is 12.2 Å². The second-order valence-electron chi connectivity index (χ2n) is 4.91. The standard InChI is InChI=1S/C14H15N3O2.ClH/c15-14(6-1-7-14)13(18)17-11-4-2-10(3-5-11)12-8-16-9-19-12;/h2-5,8-9H,1,6-7,15H2,(H,17,18);1H. The van der Waals surface area contributed by atoms with E-state index in [1.807, 2.05) is 24.3 Å². The minimum Gasteiger partial charge on any atom is -0.444 e. The van der Waals surface area contributed by atoms with E-state index in [0.717, 1.165) is 30.5 Å². The van der Waals surface area contributed by atoms with Gasteiger partial charge >= 0.3 is 0 Å². The normalized spacial score (nSPS) is 15.8. The van der Waals surface area contributed by atoms with Gasteiger partial charge in [-0.25, -0.2) is 4.98 Å². The Kier molecular flexibility index (Phi) is 4.11. The summed E-state index contributed by atoms with van der Waals surface area (Å²) in [5.41, 5.74) is 6.95. The third-order valence-electron chi connectivity index (χ3n) is 3.56. The molecule has 0 bridgehead atoms. The van der Waals surface area contributed by atoms with Gasteiger partial charge in [0.05, 0.1) is 11.7 Å². The molecule has 106 valence electrons. The van der Waals surface area contributed by atoms with Gasteiger partial charge in [-0.15, -0.1) is 12.4 Å². The summed E-state index contributed by atoms with van der Waals surface area (Å²) in [6.45, 7) is 0. The molecule has 1 saturated carbocycles. The van der Waals surface area contributed by atoms with Crippen molar-refractivity contribution in [2.75, 3.05) is 5.32 Å². The number of carbonyl (C=O) groups excluding carboxylic acids is 1. The summed E-state index contributed by atoms with van der Waals surface area (Å²) in [6, 6.07) is 7.41. The third-order valence-corrected chi connectivity index (χ3v) is 3.56. The average Bonchev–Trinajstić information content (AvgIpc) is 2.90. The highest BCUT2D eigenvalue weighted by Gasteiger charge is 2.40. The molecule has 20 heavy (non-hydrogen) atoms. The zero-order valence-electron chi connectivity index (χ0n) is 10.8. The number of hydrogen-bond acceptors (Lipinski definition) is 4. The summed E-state index contributed by atoms with van der Waals surface area (Å²) < 4.78 is 5.20. The van der Waals surface area contributed by atoms with Crippen molar-refractivity contribution in [3.8, 4) is 11.3 Å². The molecule has 1 aromatic carbocycles. The molecule has 1 heterocycles. The van der Waals surface area contributed by atoms with Gasteiger partial charge in [0.2, 0.25) is 5.91 Å². The lowest BCUT2D eigenvalue weighted by Crippen LogP contribution is -2.56. The maximum atomic E-state index is 12.0. The number of carbonyl (C=O) groups is 1. The summed E-state index contributed by atoms with van der Waals surface area (Å²) >= 11 is 0. The minimum absolute atomic E-state index is 0. The highest BCUT2D eigenvalue weighted by molar-refractivity contribution is 5.98. The fourth-order valence-corrected chi connectivity index (χ4v) is 2.12. The summed E-state index contributed by atoms with van der Waals surface area (Å²) in [5.74, 6) is 0.596. The number of halogens is 1. The van der Waals surface area contributed by atoms with Crippen molar-refractivity contribution in [2.24, 2.45) is 5.73 Å². The molecule has 2 aromatic rings. The maximum Gasteiger partial charge on any atom is 0.244 e. The predicted molar refractivity (Wildman–Crippen MR) is 78.6 cm³/mol. The van der Waals surface area contributed by atoms with Crippen LogP contribution in [0, 0.1) is 0 Å². The molecule has 0 aliphatic heterocycles. The van der Waals surface area contributed by atoms with Crippen molar-refractivity contribution < 1.29 is 9.21 Å². The predicted octanol–water partition coefficient (Wildman–Crippen LogP) is 2.58. The van der Waals surface area contributed by atoms with Crippen LogP contribution >= 0.6 is 12.4 Å². The van der Waals surface area contributed by atoms with Gasteiger partial charge in [0.25, 0.3) is 0 Å². The van der Waals surface area contributed by atoms with E-state index < -0.39 is 5.54 Å². The lowest BCUT2D eigenvalue weighted by Gasteiger charge is -2.36. The SMILES string of the molecule is Cl.NC1(C(=O)Nc2ccc(-c3cnco3)cc2)CCC1. The number of anilines is 1. The summed E-state index contributed by atoms with van der Waals surface area (Å²) in [4.78, 5) is 15.8. The van der Waals surface area contributed by atoms with E-state index in [9.17, 15) is 4.79 Å². The number of benzene rings is 1. The lowest BCUT2D eigenvalue weighted by atomic mass is 9.77.